The van der Waals surface area contributed by atoms with Crippen molar-refractivity contribution in [2.75, 3.05) is 6.54 Å². The Labute approximate surface area is 125 Å². The number of aliphatic hydroxyl groups excluding tert-OH is 1. The Morgan fingerprint density at radius 1 is 1.35 bits per heavy atom. The normalized spacial score (nSPS) is 14.5. The molecule has 2 unspecified atom stereocenters. The lowest BCUT2D eigenvalue weighted by atomic mass is 9.89. The van der Waals surface area contributed by atoms with Crippen molar-refractivity contribution in [3.05, 3.63) is 34.9 Å². The number of halogens is 1. The van der Waals surface area contributed by atoms with Gasteiger partial charge in [0.2, 0.25) is 0 Å². The highest BCUT2D eigenvalue weighted by Gasteiger charge is 2.22. The Hall–Kier alpha value is -1.26. The van der Waals surface area contributed by atoms with E-state index in [0.29, 0.717) is 5.02 Å². The highest BCUT2D eigenvalue weighted by Crippen LogP contribution is 2.22. The Morgan fingerprint density at radius 3 is 2.50 bits per heavy atom. The topological polar surface area (TPSA) is 61.4 Å². The standard InChI is InChI=1S/C15H23ClN2O2/c1-10(11-7-5-6-8-12(11)16)18-14(20)17-9-13(19)15(2,3)4/h5-8,10,13,19H,9H2,1-4H3,(H2,17,18,20). The van der Waals surface area contributed by atoms with Crippen LogP contribution in [0.25, 0.3) is 0 Å². The Kier molecular flexibility index (Phi) is 5.84. The molecule has 0 spiro atoms. The molecular formula is C15H23ClN2O2. The van der Waals surface area contributed by atoms with Crippen LogP contribution >= 0.6 is 11.6 Å². The van der Waals surface area contributed by atoms with Gasteiger partial charge in [0, 0.05) is 11.6 Å². The number of hydrogen-bond acceptors (Lipinski definition) is 2. The zero-order valence-electron chi connectivity index (χ0n) is 12.4. The van der Waals surface area contributed by atoms with Crippen LogP contribution in [0.3, 0.4) is 0 Å². The van der Waals surface area contributed by atoms with Crippen LogP contribution in [0.1, 0.15) is 39.3 Å². The van der Waals surface area contributed by atoms with Gasteiger partial charge in [-0.15, -0.1) is 0 Å². The van der Waals surface area contributed by atoms with Gasteiger partial charge in [0.05, 0.1) is 12.1 Å². The van der Waals surface area contributed by atoms with Crippen molar-refractivity contribution in [2.45, 2.75) is 39.8 Å². The first-order valence-corrected chi connectivity index (χ1v) is 7.06. The van der Waals surface area contributed by atoms with Gasteiger partial charge in [0.1, 0.15) is 0 Å². The van der Waals surface area contributed by atoms with Crippen LogP contribution in [0.4, 0.5) is 4.79 Å². The number of hydrogen-bond donors (Lipinski definition) is 3. The van der Waals surface area contributed by atoms with Gasteiger partial charge in [-0.1, -0.05) is 50.6 Å². The van der Waals surface area contributed by atoms with Gasteiger partial charge in [-0.2, -0.15) is 0 Å². The summed E-state index contributed by atoms with van der Waals surface area (Å²) in [5, 5.41) is 16.0. The lowest BCUT2D eigenvalue weighted by Crippen LogP contribution is -2.44. The third-order valence-electron chi connectivity index (χ3n) is 3.17. The second-order valence-corrected chi connectivity index (χ2v) is 6.39. The number of carbonyl (C=O) groups is 1. The van der Waals surface area contributed by atoms with E-state index in [1.807, 2.05) is 45.9 Å². The molecule has 0 radical (unpaired) electrons. The molecule has 1 aromatic rings. The van der Waals surface area contributed by atoms with Gasteiger partial charge in [-0.25, -0.2) is 4.79 Å². The predicted octanol–water partition coefficient (Wildman–Crippen LogP) is 3.11. The number of benzene rings is 1. The molecule has 20 heavy (non-hydrogen) atoms. The van der Waals surface area contributed by atoms with Crippen LogP contribution in [0.5, 0.6) is 0 Å². The molecule has 0 aliphatic carbocycles. The van der Waals surface area contributed by atoms with Crippen molar-refractivity contribution < 1.29 is 9.90 Å². The lowest BCUT2D eigenvalue weighted by molar-refractivity contribution is 0.0649. The summed E-state index contributed by atoms with van der Waals surface area (Å²) in [6, 6.07) is 6.86. The number of amides is 2. The minimum atomic E-state index is -0.594. The van der Waals surface area contributed by atoms with Gasteiger partial charge >= 0.3 is 6.03 Å². The minimum Gasteiger partial charge on any atom is -0.391 e. The van der Waals surface area contributed by atoms with Crippen molar-refractivity contribution in [1.29, 1.82) is 0 Å². The van der Waals surface area contributed by atoms with Gasteiger partial charge in [0.15, 0.2) is 0 Å². The second-order valence-electron chi connectivity index (χ2n) is 5.98. The molecule has 2 atom stereocenters. The minimum absolute atomic E-state index is 0.199. The summed E-state index contributed by atoms with van der Waals surface area (Å²) in [6.07, 6.45) is -0.594. The van der Waals surface area contributed by atoms with Crippen molar-refractivity contribution >= 4 is 17.6 Å². The molecule has 0 saturated heterocycles. The van der Waals surface area contributed by atoms with E-state index < -0.39 is 6.10 Å². The molecule has 0 aliphatic rings. The third-order valence-corrected chi connectivity index (χ3v) is 3.52. The van der Waals surface area contributed by atoms with Gasteiger partial charge in [-0.05, 0) is 24.0 Å². The highest BCUT2D eigenvalue weighted by molar-refractivity contribution is 6.31. The molecule has 1 aromatic carbocycles. The van der Waals surface area contributed by atoms with Gasteiger partial charge in [-0.3, -0.25) is 0 Å². The number of urea groups is 1. The highest BCUT2D eigenvalue weighted by atomic mass is 35.5. The van der Waals surface area contributed by atoms with Crippen molar-refractivity contribution in [1.82, 2.24) is 10.6 Å². The Bertz CT molecular complexity index is 457. The zero-order chi connectivity index (χ0) is 15.3. The van der Waals surface area contributed by atoms with E-state index in [0.717, 1.165) is 5.56 Å². The molecule has 1 rings (SSSR count). The zero-order valence-corrected chi connectivity index (χ0v) is 13.2. The summed E-state index contributed by atoms with van der Waals surface area (Å²) in [7, 11) is 0. The fourth-order valence-corrected chi connectivity index (χ4v) is 1.95. The predicted molar refractivity (Wildman–Crippen MR) is 81.9 cm³/mol. The average Bonchev–Trinajstić information content (AvgIpc) is 2.35. The quantitative estimate of drug-likeness (QED) is 0.800. The fraction of sp³-hybridized carbons (Fsp3) is 0.533. The Balaban J connectivity index is 2.49. The molecule has 5 heteroatoms. The molecular weight excluding hydrogens is 276 g/mol. The lowest BCUT2D eigenvalue weighted by Gasteiger charge is -2.26. The molecule has 0 bridgehead atoms. The monoisotopic (exact) mass is 298 g/mol. The maximum atomic E-state index is 11.8. The summed E-state index contributed by atoms with van der Waals surface area (Å²) < 4.78 is 0. The second kappa shape index (κ2) is 6.95. The number of aliphatic hydroxyl groups is 1. The molecule has 2 amide bonds. The van der Waals surface area contributed by atoms with Crippen LogP contribution in [-0.4, -0.2) is 23.8 Å². The first kappa shape index (κ1) is 16.8. The average molecular weight is 299 g/mol. The number of rotatable bonds is 4. The van der Waals surface area contributed by atoms with Gasteiger partial charge in [0.25, 0.3) is 0 Å². The molecule has 112 valence electrons. The molecule has 0 saturated carbocycles. The van der Waals surface area contributed by atoms with E-state index in [9.17, 15) is 9.90 Å². The van der Waals surface area contributed by atoms with Crippen LogP contribution in [0.2, 0.25) is 5.02 Å². The number of nitrogens with one attached hydrogen (secondary N) is 2. The molecule has 0 fully saturated rings. The van der Waals surface area contributed by atoms with E-state index in [4.69, 9.17) is 11.6 Å². The van der Waals surface area contributed by atoms with Crippen molar-refractivity contribution in [2.24, 2.45) is 5.41 Å². The fourth-order valence-electron chi connectivity index (χ4n) is 1.65. The largest absolute Gasteiger partial charge is 0.391 e. The first-order chi connectivity index (χ1) is 9.21. The number of carbonyl (C=O) groups excluding carboxylic acids is 1. The third kappa shape index (κ3) is 5.02. The van der Waals surface area contributed by atoms with Crippen molar-refractivity contribution in [3.63, 3.8) is 0 Å². The van der Waals surface area contributed by atoms with E-state index in [1.165, 1.54) is 0 Å². The molecule has 3 N–H and O–H groups in total. The van der Waals surface area contributed by atoms with E-state index in [1.54, 1.807) is 6.07 Å². The smallest absolute Gasteiger partial charge is 0.315 e. The van der Waals surface area contributed by atoms with Crippen LogP contribution in [-0.2, 0) is 0 Å². The maximum Gasteiger partial charge on any atom is 0.315 e. The van der Waals surface area contributed by atoms with Crippen LogP contribution in [0.15, 0.2) is 24.3 Å². The van der Waals surface area contributed by atoms with E-state index in [2.05, 4.69) is 10.6 Å². The molecule has 4 nitrogen and oxygen atoms in total. The first-order valence-electron chi connectivity index (χ1n) is 6.68. The maximum absolute atomic E-state index is 11.8. The summed E-state index contributed by atoms with van der Waals surface area (Å²) in [4.78, 5) is 11.8. The van der Waals surface area contributed by atoms with Crippen LogP contribution in [0, 0.1) is 5.41 Å². The molecule has 0 aromatic heterocycles. The molecule has 0 heterocycles. The summed E-state index contributed by atoms with van der Waals surface area (Å²) in [6.45, 7) is 7.84. The van der Waals surface area contributed by atoms with E-state index >= 15 is 0 Å². The summed E-state index contributed by atoms with van der Waals surface area (Å²) in [5.74, 6) is 0. The summed E-state index contributed by atoms with van der Waals surface area (Å²) in [5.41, 5.74) is 0.599. The van der Waals surface area contributed by atoms with Gasteiger partial charge < -0.3 is 15.7 Å². The van der Waals surface area contributed by atoms with Crippen LogP contribution < -0.4 is 10.6 Å². The van der Waals surface area contributed by atoms with Crippen molar-refractivity contribution in [3.8, 4) is 0 Å². The SMILES string of the molecule is CC(NC(=O)NCC(O)C(C)(C)C)c1ccccc1Cl. The molecule has 0 aliphatic heterocycles. The summed E-state index contributed by atoms with van der Waals surface area (Å²) >= 11 is 6.08. The van der Waals surface area contributed by atoms with E-state index in [-0.39, 0.29) is 24.0 Å². The Morgan fingerprint density at radius 2 is 1.95 bits per heavy atom.